The first-order valence-corrected chi connectivity index (χ1v) is 11.0. The summed E-state index contributed by atoms with van der Waals surface area (Å²) < 4.78 is 34.6. The average Bonchev–Trinajstić information content (AvgIpc) is 3.27. The molecule has 0 spiro atoms. The highest BCUT2D eigenvalue weighted by Gasteiger charge is 2.14. The zero-order chi connectivity index (χ0) is 24.1. The number of aromatic nitrogens is 3. The number of benzene rings is 2. The number of aryl methyl sites for hydroxylation is 2. The second-order valence-electron chi connectivity index (χ2n) is 7.74. The van der Waals surface area contributed by atoms with Gasteiger partial charge in [-0.2, -0.15) is 13.8 Å². The second-order valence-corrected chi connectivity index (χ2v) is 7.74. The minimum Gasteiger partial charge on any atom is -0.435 e. The van der Waals surface area contributed by atoms with Crippen molar-refractivity contribution in [2.75, 3.05) is 11.9 Å². The zero-order valence-electron chi connectivity index (χ0n) is 18.8. The number of pyridine rings is 1. The van der Waals surface area contributed by atoms with Crippen LogP contribution in [0.5, 0.6) is 5.75 Å². The van der Waals surface area contributed by atoms with Crippen LogP contribution in [0, 0.1) is 6.92 Å². The van der Waals surface area contributed by atoms with Crippen molar-refractivity contribution in [1.29, 1.82) is 0 Å². The SMILES string of the molecule is CCc1ccc(OC(F)F)cc1C(=O)CCCNc1nccc2ccc(-c3noc(C)n3)cc12. The summed E-state index contributed by atoms with van der Waals surface area (Å²) in [6.45, 7) is 1.23. The largest absolute Gasteiger partial charge is 0.435 e. The van der Waals surface area contributed by atoms with Crippen LogP contribution in [0.2, 0.25) is 0 Å². The first kappa shape index (κ1) is 23.3. The van der Waals surface area contributed by atoms with E-state index in [2.05, 4.69) is 25.2 Å². The van der Waals surface area contributed by atoms with Crippen molar-refractivity contribution in [2.24, 2.45) is 0 Å². The molecular weight excluding hydrogens is 442 g/mol. The van der Waals surface area contributed by atoms with Crippen molar-refractivity contribution in [3.05, 3.63) is 65.7 Å². The molecule has 0 unspecified atom stereocenters. The van der Waals surface area contributed by atoms with Gasteiger partial charge in [0, 0.05) is 42.6 Å². The number of halogens is 2. The third kappa shape index (κ3) is 5.36. The highest BCUT2D eigenvalue weighted by molar-refractivity contribution is 5.98. The Bertz CT molecular complexity index is 1310. The van der Waals surface area contributed by atoms with Gasteiger partial charge >= 0.3 is 6.61 Å². The summed E-state index contributed by atoms with van der Waals surface area (Å²) in [4.78, 5) is 21.5. The lowest BCUT2D eigenvalue weighted by Crippen LogP contribution is -2.10. The molecule has 7 nitrogen and oxygen atoms in total. The molecule has 0 aliphatic rings. The molecule has 0 aliphatic carbocycles. The fraction of sp³-hybridized carbons (Fsp3) is 0.280. The molecule has 2 heterocycles. The first-order chi connectivity index (χ1) is 16.4. The number of ether oxygens (including phenoxy) is 1. The number of carbonyl (C=O) groups excluding carboxylic acids is 1. The number of nitrogens with one attached hydrogen (secondary N) is 1. The van der Waals surface area contributed by atoms with Crippen LogP contribution < -0.4 is 10.1 Å². The molecule has 0 radical (unpaired) electrons. The molecule has 2 aromatic carbocycles. The van der Waals surface area contributed by atoms with Gasteiger partial charge in [0.2, 0.25) is 11.7 Å². The summed E-state index contributed by atoms with van der Waals surface area (Å²) in [6.07, 6.45) is 3.15. The lowest BCUT2D eigenvalue weighted by atomic mass is 9.98. The standard InChI is InChI=1S/C25H24F2N4O3/c1-3-16-8-9-19(33-25(26)27)14-20(16)22(32)5-4-11-28-24-21-13-18(23-30-15(2)34-31-23)7-6-17(21)10-12-29-24/h6-10,12-14,25H,3-5,11H2,1-2H3,(H,28,29). The van der Waals surface area contributed by atoms with Gasteiger partial charge in [-0.05, 0) is 48.1 Å². The maximum Gasteiger partial charge on any atom is 0.387 e. The Morgan fingerprint density at radius 1 is 1.18 bits per heavy atom. The van der Waals surface area contributed by atoms with Gasteiger partial charge < -0.3 is 14.6 Å². The molecule has 4 rings (SSSR count). The fourth-order valence-electron chi connectivity index (χ4n) is 3.75. The molecule has 0 saturated carbocycles. The second kappa shape index (κ2) is 10.4. The Hall–Kier alpha value is -3.88. The average molecular weight is 466 g/mol. The van der Waals surface area contributed by atoms with Crippen molar-refractivity contribution >= 4 is 22.4 Å². The Morgan fingerprint density at radius 3 is 2.76 bits per heavy atom. The van der Waals surface area contributed by atoms with E-state index >= 15 is 0 Å². The Labute approximate surface area is 195 Å². The van der Waals surface area contributed by atoms with Gasteiger partial charge in [-0.3, -0.25) is 4.79 Å². The van der Waals surface area contributed by atoms with E-state index < -0.39 is 6.61 Å². The molecule has 0 bridgehead atoms. The normalized spacial score (nSPS) is 11.2. The van der Waals surface area contributed by atoms with Crippen molar-refractivity contribution in [3.63, 3.8) is 0 Å². The Kier molecular flexibility index (Phi) is 7.10. The van der Waals surface area contributed by atoms with Gasteiger partial charge in [-0.1, -0.05) is 30.3 Å². The van der Waals surface area contributed by atoms with Gasteiger partial charge in [-0.15, -0.1) is 0 Å². The molecule has 2 aromatic heterocycles. The van der Waals surface area contributed by atoms with Gasteiger partial charge in [0.05, 0.1) is 0 Å². The van der Waals surface area contributed by atoms with Crippen LogP contribution in [-0.4, -0.2) is 34.1 Å². The van der Waals surface area contributed by atoms with E-state index in [0.29, 0.717) is 42.5 Å². The number of rotatable bonds is 10. The summed E-state index contributed by atoms with van der Waals surface area (Å²) in [5, 5.41) is 9.16. The topological polar surface area (TPSA) is 90.1 Å². The zero-order valence-corrected chi connectivity index (χ0v) is 18.8. The minimum absolute atomic E-state index is 0.0127. The number of ketones is 1. The molecule has 0 fully saturated rings. The lowest BCUT2D eigenvalue weighted by Gasteiger charge is -2.12. The van der Waals surface area contributed by atoms with Crippen LogP contribution in [0.3, 0.4) is 0 Å². The van der Waals surface area contributed by atoms with E-state index in [4.69, 9.17) is 4.52 Å². The van der Waals surface area contributed by atoms with Crippen molar-refractivity contribution in [1.82, 2.24) is 15.1 Å². The monoisotopic (exact) mass is 466 g/mol. The highest BCUT2D eigenvalue weighted by Crippen LogP contribution is 2.27. The van der Waals surface area contributed by atoms with Crippen LogP contribution in [0.1, 0.15) is 41.6 Å². The first-order valence-electron chi connectivity index (χ1n) is 11.0. The molecule has 0 atom stereocenters. The molecule has 176 valence electrons. The number of nitrogens with zero attached hydrogens (tertiary/aromatic N) is 3. The molecule has 1 N–H and O–H groups in total. The smallest absolute Gasteiger partial charge is 0.387 e. The number of anilines is 1. The summed E-state index contributed by atoms with van der Waals surface area (Å²) in [5.41, 5.74) is 2.04. The molecule has 34 heavy (non-hydrogen) atoms. The third-order valence-electron chi connectivity index (χ3n) is 5.41. The molecule has 0 amide bonds. The van der Waals surface area contributed by atoms with E-state index in [1.807, 2.05) is 31.2 Å². The summed E-state index contributed by atoms with van der Waals surface area (Å²) in [6, 6.07) is 12.3. The number of Topliss-reactive ketones (excluding diaryl/α,β-unsaturated/α-hetero) is 1. The molecular formula is C25H24F2N4O3. The number of fused-ring (bicyclic) bond motifs is 1. The van der Waals surface area contributed by atoms with Crippen LogP contribution in [0.25, 0.3) is 22.2 Å². The van der Waals surface area contributed by atoms with Gasteiger partial charge in [0.25, 0.3) is 0 Å². The van der Waals surface area contributed by atoms with E-state index in [9.17, 15) is 13.6 Å². The van der Waals surface area contributed by atoms with Crippen LogP contribution in [0.15, 0.2) is 53.2 Å². The summed E-state index contributed by atoms with van der Waals surface area (Å²) >= 11 is 0. The summed E-state index contributed by atoms with van der Waals surface area (Å²) in [5.74, 6) is 1.56. The highest BCUT2D eigenvalue weighted by atomic mass is 19.3. The predicted molar refractivity (Wildman–Crippen MR) is 124 cm³/mol. The number of carbonyl (C=O) groups is 1. The lowest BCUT2D eigenvalue weighted by molar-refractivity contribution is -0.0499. The third-order valence-corrected chi connectivity index (χ3v) is 5.41. The predicted octanol–water partition coefficient (Wildman–Crippen LogP) is 5.83. The van der Waals surface area contributed by atoms with Crippen LogP contribution in [-0.2, 0) is 6.42 Å². The molecule has 0 saturated heterocycles. The van der Waals surface area contributed by atoms with Crippen molar-refractivity contribution in [3.8, 4) is 17.1 Å². The van der Waals surface area contributed by atoms with Gasteiger partial charge in [0.1, 0.15) is 11.6 Å². The molecule has 9 heteroatoms. The van der Waals surface area contributed by atoms with E-state index in [-0.39, 0.29) is 18.0 Å². The van der Waals surface area contributed by atoms with E-state index in [1.54, 1.807) is 19.2 Å². The van der Waals surface area contributed by atoms with Crippen LogP contribution >= 0.6 is 0 Å². The summed E-state index contributed by atoms with van der Waals surface area (Å²) in [7, 11) is 0. The van der Waals surface area contributed by atoms with E-state index in [1.165, 1.54) is 12.1 Å². The quantitative estimate of drug-likeness (QED) is 0.232. The fourth-order valence-corrected chi connectivity index (χ4v) is 3.75. The maximum atomic E-state index is 12.8. The number of hydrogen-bond acceptors (Lipinski definition) is 7. The molecule has 0 aliphatic heterocycles. The van der Waals surface area contributed by atoms with E-state index in [0.717, 1.165) is 21.9 Å². The van der Waals surface area contributed by atoms with Gasteiger partial charge in [-0.25, -0.2) is 4.98 Å². The van der Waals surface area contributed by atoms with Crippen molar-refractivity contribution < 1.29 is 22.8 Å². The van der Waals surface area contributed by atoms with Crippen molar-refractivity contribution in [2.45, 2.75) is 39.7 Å². The Balaban J connectivity index is 1.43. The molecule has 4 aromatic rings. The number of alkyl halides is 2. The maximum absolute atomic E-state index is 12.8. The Morgan fingerprint density at radius 2 is 2.03 bits per heavy atom. The number of hydrogen-bond donors (Lipinski definition) is 1. The minimum atomic E-state index is -2.93. The van der Waals surface area contributed by atoms with Gasteiger partial charge in [0.15, 0.2) is 5.78 Å². The van der Waals surface area contributed by atoms with Crippen LogP contribution in [0.4, 0.5) is 14.6 Å².